The van der Waals surface area contributed by atoms with Gasteiger partial charge in [-0.25, -0.2) is 4.79 Å². The van der Waals surface area contributed by atoms with Crippen LogP contribution in [0.15, 0.2) is 42.5 Å². The van der Waals surface area contributed by atoms with Gasteiger partial charge in [0, 0.05) is 37.0 Å². The summed E-state index contributed by atoms with van der Waals surface area (Å²) in [5.41, 5.74) is 5.00. The first kappa shape index (κ1) is 17.6. The number of hydrogen-bond donors (Lipinski definition) is 2. The Hall–Kier alpha value is -2.82. The molecule has 2 aromatic carbocycles. The molecular weight excluding hydrogens is 340 g/mol. The van der Waals surface area contributed by atoms with Crippen molar-refractivity contribution in [3.05, 3.63) is 59.2 Å². The maximum Gasteiger partial charge on any atom is 0.407 e. The summed E-state index contributed by atoms with van der Waals surface area (Å²) in [5, 5.41) is 12.3. The molecule has 0 spiro atoms. The van der Waals surface area contributed by atoms with Crippen LogP contribution in [-0.2, 0) is 0 Å². The maximum absolute atomic E-state index is 12.7. The third-order valence-electron chi connectivity index (χ3n) is 5.82. The quantitative estimate of drug-likeness (QED) is 0.849. The molecule has 27 heavy (non-hydrogen) atoms. The van der Waals surface area contributed by atoms with Gasteiger partial charge in [-0.05, 0) is 34.2 Å². The molecular formula is C22H24N2O3. The van der Waals surface area contributed by atoms with Crippen LogP contribution in [0.2, 0.25) is 0 Å². The van der Waals surface area contributed by atoms with Gasteiger partial charge >= 0.3 is 6.09 Å². The van der Waals surface area contributed by atoms with Crippen molar-refractivity contribution in [1.29, 1.82) is 0 Å². The molecule has 2 amide bonds. The lowest BCUT2D eigenvalue weighted by molar-refractivity contribution is 0.0951. The molecule has 140 valence electrons. The van der Waals surface area contributed by atoms with Gasteiger partial charge in [0.2, 0.25) is 0 Å². The SMILES string of the molecule is CC(C)c1cccc(-c2ccc3c(c2)C(=O)NC[C@@H]2CN(C(=O)O)C[C@@H]32)c1. The second-order valence-corrected chi connectivity index (χ2v) is 7.85. The summed E-state index contributed by atoms with van der Waals surface area (Å²) >= 11 is 0. The number of benzene rings is 2. The minimum absolute atomic E-state index is 0.0612. The van der Waals surface area contributed by atoms with Crippen LogP contribution < -0.4 is 5.32 Å². The Labute approximate surface area is 159 Å². The molecule has 2 atom stereocenters. The number of fused-ring (bicyclic) bond motifs is 3. The van der Waals surface area contributed by atoms with E-state index in [1.54, 1.807) is 0 Å². The van der Waals surface area contributed by atoms with Crippen LogP contribution in [0, 0.1) is 5.92 Å². The monoisotopic (exact) mass is 364 g/mol. The van der Waals surface area contributed by atoms with Gasteiger partial charge in [-0.3, -0.25) is 4.79 Å². The van der Waals surface area contributed by atoms with Gasteiger partial charge in [-0.1, -0.05) is 50.2 Å². The van der Waals surface area contributed by atoms with Gasteiger partial charge in [-0.15, -0.1) is 0 Å². The fourth-order valence-corrected chi connectivity index (χ4v) is 4.24. The number of likely N-dealkylation sites (tertiary alicyclic amines) is 1. The lowest BCUT2D eigenvalue weighted by atomic mass is 9.86. The van der Waals surface area contributed by atoms with Gasteiger partial charge < -0.3 is 15.3 Å². The van der Waals surface area contributed by atoms with Crippen molar-refractivity contribution in [3.8, 4) is 11.1 Å². The highest BCUT2D eigenvalue weighted by molar-refractivity contribution is 5.97. The number of carbonyl (C=O) groups excluding carboxylic acids is 1. The largest absolute Gasteiger partial charge is 0.465 e. The van der Waals surface area contributed by atoms with Crippen LogP contribution in [-0.4, -0.2) is 41.6 Å². The van der Waals surface area contributed by atoms with E-state index in [-0.39, 0.29) is 17.7 Å². The Morgan fingerprint density at radius 1 is 1.15 bits per heavy atom. The third kappa shape index (κ3) is 3.18. The normalized spacial score (nSPS) is 21.4. The molecule has 1 saturated heterocycles. The average molecular weight is 364 g/mol. The molecule has 2 aliphatic heterocycles. The predicted molar refractivity (Wildman–Crippen MR) is 104 cm³/mol. The second kappa shape index (κ2) is 6.72. The van der Waals surface area contributed by atoms with Gasteiger partial charge in [0.1, 0.15) is 0 Å². The number of carboxylic acid groups (broad SMARTS) is 1. The van der Waals surface area contributed by atoms with Gasteiger partial charge in [0.25, 0.3) is 5.91 Å². The van der Waals surface area contributed by atoms with E-state index in [4.69, 9.17) is 0 Å². The fourth-order valence-electron chi connectivity index (χ4n) is 4.24. The number of carbonyl (C=O) groups is 2. The Bertz CT molecular complexity index is 906. The molecule has 0 radical (unpaired) electrons. The molecule has 1 fully saturated rings. The van der Waals surface area contributed by atoms with Crippen molar-refractivity contribution < 1.29 is 14.7 Å². The molecule has 0 saturated carbocycles. The van der Waals surface area contributed by atoms with E-state index in [0.29, 0.717) is 31.1 Å². The summed E-state index contributed by atoms with van der Waals surface area (Å²) in [6, 6.07) is 14.4. The topological polar surface area (TPSA) is 69.6 Å². The van der Waals surface area contributed by atoms with Crippen molar-refractivity contribution in [3.63, 3.8) is 0 Å². The van der Waals surface area contributed by atoms with Crippen molar-refractivity contribution in [2.24, 2.45) is 5.92 Å². The van der Waals surface area contributed by atoms with E-state index in [9.17, 15) is 14.7 Å². The molecule has 2 aromatic rings. The Morgan fingerprint density at radius 3 is 2.67 bits per heavy atom. The summed E-state index contributed by atoms with van der Waals surface area (Å²) in [5.74, 6) is 0.561. The highest BCUT2D eigenvalue weighted by Crippen LogP contribution is 2.37. The first-order valence-electron chi connectivity index (χ1n) is 9.44. The first-order valence-corrected chi connectivity index (χ1v) is 9.44. The zero-order valence-corrected chi connectivity index (χ0v) is 15.6. The summed E-state index contributed by atoms with van der Waals surface area (Å²) in [6.45, 7) is 5.76. The zero-order chi connectivity index (χ0) is 19.1. The standard InChI is InChI=1S/C22H24N2O3/c1-13(2)14-4-3-5-15(8-14)16-6-7-18-19(9-16)21(25)23-10-17-11-24(22(26)27)12-20(17)18/h3-9,13,17,20H,10-12H2,1-2H3,(H,23,25)(H,26,27)/t17-,20-/m1/s1. The number of amides is 2. The molecule has 0 aromatic heterocycles. The smallest absolute Gasteiger partial charge is 0.407 e. The highest BCUT2D eigenvalue weighted by Gasteiger charge is 2.39. The van der Waals surface area contributed by atoms with E-state index in [2.05, 4.69) is 43.4 Å². The maximum atomic E-state index is 12.7. The molecule has 0 bridgehead atoms. The van der Waals surface area contributed by atoms with Gasteiger partial charge in [0.05, 0.1) is 0 Å². The second-order valence-electron chi connectivity index (χ2n) is 7.85. The summed E-state index contributed by atoms with van der Waals surface area (Å²) in [4.78, 5) is 25.5. The molecule has 0 unspecified atom stereocenters. The van der Waals surface area contributed by atoms with E-state index in [1.165, 1.54) is 10.5 Å². The van der Waals surface area contributed by atoms with Crippen LogP contribution in [0.4, 0.5) is 4.79 Å². The molecule has 0 aliphatic carbocycles. The van der Waals surface area contributed by atoms with E-state index in [1.807, 2.05) is 18.2 Å². The number of hydrogen-bond acceptors (Lipinski definition) is 2. The highest BCUT2D eigenvalue weighted by atomic mass is 16.4. The lowest BCUT2D eigenvalue weighted by Gasteiger charge is -2.17. The van der Waals surface area contributed by atoms with Crippen LogP contribution in [0.25, 0.3) is 11.1 Å². The minimum Gasteiger partial charge on any atom is -0.465 e. The Kier molecular flexibility index (Phi) is 4.38. The summed E-state index contributed by atoms with van der Waals surface area (Å²) in [7, 11) is 0. The summed E-state index contributed by atoms with van der Waals surface area (Å²) in [6.07, 6.45) is -0.891. The van der Waals surface area contributed by atoms with Crippen LogP contribution in [0.5, 0.6) is 0 Å². The van der Waals surface area contributed by atoms with Crippen LogP contribution >= 0.6 is 0 Å². The van der Waals surface area contributed by atoms with Gasteiger partial charge in [-0.2, -0.15) is 0 Å². The van der Waals surface area contributed by atoms with Gasteiger partial charge in [0.15, 0.2) is 0 Å². The van der Waals surface area contributed by atoms with E-state index < -0.39 is 6.09 Å². The van der Waals surface area contributed by atoms with Crippen molar-refractivity contribution in [2.45, 2.75) is 25.7 Å². The number of nitrogens with zero attached hydrogens (tertiary/aromatic N) is 1. The van der Waals surface area contributed by atoms with Crippen LogP contribution in [0.3, 0.4) is 0 Å². The zero-order valence-electron chi connectivity index (χ0n) is 15.6. The molecule has 4 rings (SSSR count). The van der Waals surface area contributed by atoms with E-state index in [0.717, 1.165) is 16.7 Å². The summed E-state index contributed by atoms with van der Waals surface area (Å²) < 4.78 is 0. The average Bonchev–Trinajstić information content (AvgIpc) is 3.05. The molecule has 5 nitrogen and oxygen atoms in total. The van der Waals surface area contributed by atoms with Crippen molar-refractivity contribution >= 4 is 12.0 Å². The minimum atomic E-state index is -0.891. The number of rotatable bonds is 2. The predicted octanol–water partition coefficient (Wildman–Crippen LogP) is 3.91. The number of nitrogens with one attached hydrogen (secondary N) is 1. The van der Waals surface area contributed by atoms with Crippen molar-refractivity contribution in [2.75, 3.05) is 19.6 Å². The lowest BCUT2D eigenvalue weighted by Crippen LogP contribution is -2.31. The Balaban J connectivity index is 1.74. The first-order chi connectivity index (χ1) is 12.9. The third-order valence-corrected chi connectivity index (χ3v) is 5.82. The molecule has 2 aliphatic rings. The Morgan fingerprint density at radius 2 is 1.93 bits per heavy atom. The molecule has 2 N–H and O–H groups in total. The molecule has 2 heterocycles. The van der Waals surface area contributed by atoms with E-state index >= 15 is 0 Å². The van der Waals surface area contributed by atoms with Crippen molar-refractivity contribution in [1.82, 2.24) is 10.2 Å². The van der Waals surface area contributed by atoms with Crippen LogP contribution in [0.1, 0.15) is 47.2 Å². The fraction of sp³-hybridized carbons (Fsp3) is 0.364. The molecule has 5 heteroatoms.